The lowest BCUT2D eigenvalue weighted by atomic mass is 10.0. The van der Waals surface area contributed by atoms with Gasteiger partial charge in [-0.05, 0) is 22.8 Å². The minimum Gasteiger partial charge on any atom is -0.385 e. The van der Waals surface area contributed by atoms with Crippen LogP contribution in [0.25, 0.3) is 10.8 Å². The number of hydrogen-bond acceptors (Lipinski definition) is 3. The quantitative estimate of drug-likeness (QED) is 0.712. The van der Waals surface area contributed by atoms with Crippen LogP contribution in [0.1, 0.15) is 12.0 Å². The lowest BCUT2D eigenvalue weighted by molar-refractivity contribution is 0.104. The van der Waals surface area contributed by atoms with Crippen molar-refractivity contribution in [3.05, 3.63) is 48.0 Å². The smallest absolute Gasteiger partial charge is 0.0591 e. The minimum atomic E-state index is 0.745. The summed E-state index contributed by atoms with van der Waals surface area (Å²) < 4.78 is 10.5. The summed E-state index contributed by atoms with van der Waals surface area (Å²) in [6, 6.07) is 14.9. The van der Waals surface area contributed by atoms with Gasteiger partial charge in [-0.2, -0.15) is 0 Å². The van der Waals surface area contributed by atoms with Crippen LogP contribution in [-0.2, 0) is 16.0 Å². The molecule has 0 spiro atoms. The van der Waals surface area contributed by atoms with E-state index in [0.717, 1.165) is 39.3 Å². The second-order valence-corrected chi connectivity index (χ2v) is 4.77. The van der Waals surface area contributed by atoms with Crippen LogP contribution in [0, 0.1) is 0 Å². The van der Waals surface area contributed by atoms with Crippen molar-refractivity contribution in [1.82, 2.24) is 5.32 Å². The number of hydrogen-bond donors (Lipinski definition) is 1. The van der Waals surface area contributed by atoms with Crippen LogP contribution in [0.4, 0.5) is 0 Å². The zero-order chi connectivity index (χ0) is 14.0. The lowest BCUT2D eigenvalue weighted by Gasteiger charge is -2.09. The van der Waals surface area contributed by atoms with E-state index < -0.39 is 0 Å². The van der Waals surface area contributed by atoms with Crippen molar-refractivity contribution < 1.29 is 9.47 Å². The fourth-order valence-electron chi connectivity index (χ4n) is 2.22. The molecule has 3 nitrogen and oxygen atoms in total. The largest absolute Gasteiger partial charge is 0.385 e. The van der Waals surface area contributed by atoms with Gasteiger partial charge < -0.3 is 14.8 Å². The molecule has 0 saturated heterocycles. The third-order valence-corrected chi connectivity index (χ3v) is 3.26. The molecule has 20 heavy (non-hydrogen) atoms. The van der Waals surface area contributed by atoms with Gasteiger partial charge in [0.15, 0.2) is 0 Å². The lowest BCUT2D eigenvalue weighted by Crippen LogP contribution is -2.19. The van der Waals surface area contributed by atoms with Gasteiger partial charge in [0.05, 0.1) is 6.61 Å². The first-order valence-corrected chi connectivity index (χ1v) is 7.16. The van der Waals surface area contributed by atoms with Crippen LogP contribution in [0.5, 0.6) is 0 Å². The first-order chi connectivity index (χ1) is 9.92. The molecule has 0 radical (unpaired) electrons. The average molecular weight is 273 g/mol. The summed E-state index contributed by atoms with van der Waals surface area (Å²) in [4.78, 5) is 0. The monoisotopic (exact) mass is 273 g/mol. The van der Waals surface area contributed by atoms with Gasteiger partial charge in [0.1, 0.15) is 0 Å². The Morgan fingerprint density at radius 3 is 2.70 bits per heavy atom. The maximum absolute atomic E-state index is 5.52. The third kappa shape index (κ3) is 4.60. The molecule has 0 heterocycles. The Bertz CT molecular complexity index is 508. The van der Waals surface area contributed by atoms with Crippen molar-refractivity contribution in [2.24, 2.45) is 0 Å². The van der Waals surface area contributed by atoms with Gasteiger partial charge in [0.25, 0.3) is 0 Å². The van der Waals surface area contributed by atoms with Crippen molar-refractivity contribution in [2.75, 3.05) is 33.5 Å². The molecule has 0 fully saturated rings. The summed E-state index contributed by atoms with van der Waals surface area (Å²) in [5.41, 5.74) is 1.34. The van der Waals surface area contributed by atoms with Crippen LogP contribution in [0.2, 0.25) is 0 Å². The molecule has 0 atom stereocenters. The Hall–Kier alpha value is -1.42. The van der Waals surface area contributed by atoms with Crippen molar-refractivity contribution in [3.8, 4) is 0 Å². The Morgan fingerprint density at radius 1 is 0.950 bits per heavy atom. The van der Waals surface area contributed by atoms with E-state index in [2.05, 4.69) is 47.8 Å². The SMILES string of the molecule is COCCCOCCNCc1cccc2ccccc12. The summed E-state index contributed by atoms with van der Waals surface area (Å²) in [6.45, 7) is 4.03. The van der Waals surface area contributed by atoms with Gasteiger partial charge in [-0.25, -0.2) is 0 Å². The van der Waals surface area contributed by atoms with E-state index in [4.69, 9.17) is 9.47 Å². The van der Waals surface area contributed by atoms with Gasteiger partial charge in [0.2, 0.25) is 0 Å². The van der Waals surface area contributed by atoms with E-state index in [1.165, 1.54) is 16.3 Å². The van der Waals surface area contributed by atoms with Crippen molar-refractivity contribution in [3.63, 3.8) is 0 Å². The average Bonchev–Trinajstić information content (AvgIpc) is 2.50. The predicted octanol–water partition coefficient (Wildman–Crippen LogP) is 2.98. The van der Waals surface area contributed by atoms with E-state index in [0.29, 0.717) is 0 Å². The standard InChI is InChI=1S/C17H23NO2/c1-19-11-5-12-20-13-10-18-14-16-8-4-7-15-6-2-3-9-17(15)16/h2-4,6-9,18H,5,10-14H2,1H3. The molecule has 0 saturated carbocycles. The topological polar surface area (TPSA) is 30.5 Å². The summed E-state index contributed by atoms with van der Waals surface area (Å²) in [5, 5.41) is 6.05. The highest BCUT2D eigenvalue weighted by molar-refractivity contribution is 5.85. The minimum absolute atomic E-state index is 0.745. The molecule has 3 heteroatoms. The van der Waals surface area contributed by atoms with Gasteiger partial charge >= 0.3 is 0 Å². The maximum atomic E-state index is 5.52. The summed E-state index contributed by atoms with van der Waals surface area (Å²) in [7, 11) is 1.71. The first-order valence-electron chi connectivity index (χ1n) is 7.16. The molecule has 2 aromatic carbocycles. The van der Waals surface area contributed by atoms with Crippen LogP contribution < -0.4 is 5.32 Å². The van der Waals surface area contributed by atoms with Gasteiger partial charge in [-0.1, -0.05) is 42.5 Å². The van der Waals surface area contributed by atoms with Crippen LogP contribution in [-0.4, -0.2) is 33.5 Å². The first kappa shape index (κ1) is 15.0. The number of ether oxygens (including phenoxy) is 2. The third-order valence-electron chi connectivity index (χ3n) is 3.26. The Balaban J connectivity index is 1.71. The van der Waals surface area contributed by atoms with E-state index in [1.54, 1.807) is 7.11 Å². The van der Waals surface area contributed by atoms with Crippen LogP contribution >= 0.6 is 0 Å². The van der Waals surface area contributed by atoms with Crippen molar-refractivity contribution >= 4 is 10.8 Å². The molecule has 0 bridgehead atoms. The summed E-state index contributed by atoms with van der Waals surface area (Å²) >= 11 is 0. The fourth-order valence-corrected chi connectivity index (χ4v) is 2.22. The Kier molecular flexibility index (Phi) is 6.51. The zero-order valence-electron chi connectivity index (χ0n) is 12.1. The van der Waals surface area contributed by atoms with Crippen LogP contribution in [0.15, 0.2) is 42.5 Å². The summed E-state index contributed by atoms with van der Waals surface area (Å²) in [5.74, 6) is 0. The molecule has 0 aromatic heterocycles. The molecule has 1 N–H and O–H groups in total. The molecule has 108 valence electrons. The van der Waals surface area contributed by atoms with Crippen molar-refractivity contribution in [1.29, 1.82) is 0 Å². The fraction of sp³-hybridized carbons (Fsp3) is 0.412. The highest BCUT2D eigenvalue weighted by Crippen LogP contribution is 2.17. The molecule has 0 aliphatic carbocycles. The number of benzene rings is 2. The summed E-state index contributed by atoms with van der Waals surface area (Å²) in [6.07, 6.45) is 0.958. The Labute approximate surface area is 120 Å². The molecule has 2 aromatic rings. The van der Waals surface area contributed by atoms with E-state index >= 15 is 0 Å². The second-order valence-electron chi connectivity index (χ2n) is 4.77. The van der Waals surface area contributed by atoms with Crippen molar-refractivity contribution in [2.45, 2.75) is 13.0 Å². The number of rotatable bonds is 9. The zero-order valence-corrected chi connectivity index (χ0v) is 12.1. The molecular formula is C17H23NO2. The number of nitrogens with one attached hydrogen (secondary N) is 1. The van der Waals surface area contributed by atoms with Gasteiger partial charge in [-0.15, -0.1) is 0 Å². The number of methoxy groups -OCH3 is 1. The van der Waals surface area contributed by atoms with E-state index in [9.17, 15) is 0 Å². The highest BCUT2D eigenvalue weighted by Gasteiger charge is 1.99. The predicted molar refractivity (Wildman–Crippen MR) is 83.0 cm³/mol. The van der Waals surface area contributed by atoms with Gasteiger partial charge in [0, 0.05) is 33.4 Å². The Morgan fingerprint density at radius 2 is 1.80 bits per heavy atom. The molecular weight excluding hydrogens is 250 g/mol. The highest BCUT2D eigenvalue weighted by atomic mass is 16.5. The van der Waals surface area contributed by atoms with E-state index in [1.807, 2.05) is 0 Å². The molecule has 0 aliphatic heterocycles. The molecule has 0 unspecified atom stereocenters. The normalized spacial score (nSPS) is 11.1. The van der Waals surface area contributed by atoms with Gasteiger partial charge in [-0.3, -0.25) is 0 Å². The molecule has 0 amide bonds. The van der Waals surface area contributed by atoms with Crippen LogP contribution in [0.3, 0.4) is 0 Å². The second kappa shape index (κ2) is 8.69. The molecule has 2 rings (SSSR count). The maximum Gasteiger partial charge on any atom is 0.0591 e. The van der Waals surface area contributed by atoms with E-state index in [-0.39, 0.29) is 0 Å². The number of fused-ring (bicyclic) bond motifs is 1. The molecule has 0 aliphatic rings.